The monoisotopic (exact) mass is 322 g/mol. The van der Waals surface area contributed by atoms with Crippen LogP contribution in [0.3, 0.4) is 0 Å². The van der Waals surface area contributed by atoms with Crippen LogP contribution in [0.1, 0.15) is 81.6 Å². The van der Waals surface area contributed by atoms with Crippen molar-refractivity contribution in [3.8, 4) is 0 Å². The first-order chi connectivity index (χ1) is 7.97. The van der Waals surface area contributed by atoms with Gasteiger partial charge in [-0.15, -0.1) is 0 Å². The van der Waals surface area contributed by atoms with E-state index in [-0.39, 0.29) is 75.5 Å². The number of nitrogens with zero attached hydrogens (tertiary/aromatic N) is 2. The molecule has 0 fully saturated rings. The molecule has 0 aliphatic carbocycles. The summed E-state index contributed by atoms with van der Waals surface area (Å²) in [7, 11) is 0. The fourth-order valence-corrected chi connectivity index (χ4v) is 0.612. The Bertz CT molecular complexity index is 184. The molecule has 0 aromatic rings. The molecule has 0 N–H and O–H groups in total. The molecule has 1 aliphatic heterocycles. The molecule has 1 aliphatic rings. The SMILES string of the molecule is CC.CC1=NN=C(C)C1.CCC.CCC(C)C.[Ar].[Ar]. The molecule has 0 aromatic carbocycles. The normalized spacial score (nSPS) is 10.8. The zero-order chi connectivity index (χ0) is 14.3. The molecule has 0 aromatic heterocycles. The summed E-state index contributed by atoms with van der Waals surface area (Å²) in [6.07, 6.45) is 3.53. The van der Waals surface area contributed by atoms with Crippen LogP contribution in [0.5, 0.6) is 0 Å². The molecule has 0 atom stereocenters. The Kier molecular flexibility index (Phi) is 48.3. The zero-order valence-electron chi connectivity index (χ0n) is 14.3. The van der Waals surface area contributed by atoms with E-state index in [0.29, 0.717) is 0 Å². The third kappa shape index (κ3) is 38.3. The molecule has 4 heteroatoms. The Labute approximate surface area is 182 Å². The van der Waals surface area contributed by atoms with Crippen LogP contribution in [-0.4, -0.2) is 11.4 Å². The largest absolute Gasteiger partial charge is 0.160 e. The van der Waals surface area contributed by atoms with Crippen molar-refractivity contribution in [3.63, 3.8) is 0 Å². The minimum Gasteiger partial charge on any atom is -0.160 e. The molecule has 0 unspecified atom stereocenters. The summed E-state index contributed by atoms with van der Waals surface area (Å²) in [6.45, 7) is 18.9. The van der Waals surface area contributed by atoms with Crippen molar-refractivity contribution in [2.75, 3.05) is 0 Å². The summed E-state index contributed by atoms with van der Waals surface area (Å²) in [5, 5.41) is 7.64. The molecular weight excluding hydrogens is 288 g/mol. The maximum Gasteiger partial charge on any atom is 0.0431 e. The Hall–Kier alpha value is 1.86. The molecule has 2 nitrogen and oxygen atoms in total. The quantitative estimate of drug-likeness (QED) is 0.590. The van der Waals surface area contributed by atoms with Gasteiger partial charge in [0.15, 0.2) is 0 Å². The van der Waals surface area contributed by atoms with Crippen molar-refractivity contribution < 1.29 is 75.5 Å². The van der Waals surface area contributed by atoms with E-state index in [1.165, 1.54) is 12.8 Å². The van der Waals surface area contributed by atoms with Gasteiger partial charge in [0.1, 0.15) is 0 Å². The van der Waals surface area contributed by atoms with Gasteiger partial charge >= 0.3 is 0 Å². The molecule has 120 valence electrons. The summed E-state index contributed by atoms with van der Waals surface area (Å²) >= 11 is 0. The van der Waals surface area contributed by atoms with Crippen LogP contribution in [0.15, 0.2) is 10.2 Å². The van der Waals surface area contributed by atoms with E-state index in [1.807, 2.05) is 27.7 Å². The molecule has 1 rings (SSSR count). The maximum absolute atomic E-state index is 3.82. The van der Waals surface area contributed by atoms with E-state index in [1.54, 1.807) is 0 Å². The van der Waals surface area contributed by atoms with Crippen LogP contribution < -0.4 is 0 Å². The van der Waals surface area contributed by atoms with Gasteiger partial charge in [-0.2, -0.15) is 10.2 Å². The van der Waals surface area contributed by atoms with E-state index in [0.717, 1.165) is 23.8 Å². The summed E-state index contributed by atoms with van der Waals surface area (Å²) in [5.41, 5.74) is 2.25. The first-order valence-corrected chi connectivity index (χ1v) is 7.04. The first kappa shape index (κ1) is 32.7. The average Bonchev–Trinajstić information content (AvgIpc) is 2.67. The van der Waals surface area contributed by atoms with Crippen molar-refractivity contribution in [2.24, 2.45) is 16.1 Å². The van der Waals surface area contributed by atoms with Crippen LogP contribution in [0, 0.1) is 81.4 Å². The molecule has 0 amide bonds. The van der Waals surface area contributed by atoms with Gasteiger partial charge in [-0.25, -0.2) is 0 Å². The number of hydrogen-bond acceptors (Lipinski definition) is 2. The van der Waals surface area contributed by atoms with Crippen LogP contribution in [0.2, 0.25) is 0 Å². The number of hydrogen-bond donors (Lipinski definition) is 0. The molecule has 0 bridgehead atoms. The van der Waals surface area contributed by atoms with Crippen molar-refractivity contribution in [1.29, 1.82) is 0 Å². The van der Waals surface area contributed by atoms with Gasteiger partial charge in [0.25, 0.3) is 0 Å². The van der Waals surface area contributed by atoms with Gasteiger partial charge in [0.2, 0.25) is 0 Å². The Morgan fingerprint density at radius 2 is 1.11 bits per heavy atom. The molecule has 19 heavy (non-hydrogen) atoms. The van der Waals surface area contributed by atoms with Crippen molar-refractivity contribution >= 4 is 11.4 Å². The predicted molar refractivity (Wildman–Crippen MR) is 83.3 cm³/mol. The molecule has 0 spiro atoms. The predicted octanol–water partition coefficient (Wildman–Crippen LogP) is 5.72. The minimum atomic E-state index is 0. The third-order valence-electron chi connectivity index (χ3n) is 1.72. The Morgan fingerprint density at radius 1 is 0.895 bits per heavy atom. The van der Waals surface area contributed by atoms with Crippen molar-refractivity contribution in [2.45, 2.75) is 81.6 Å². The fraction of sp³-hybridized carbons (Fsp3) is 0.867. The second kappa shape index (κ2) is 28.1. The Morgan fingerprint density at radius 3 is 1.16 bits per heavy atom. The van der Waals surface area contributed by atoms with E-state index >= 15 is 0 Å². The van der Waals surface area contributed by atoms with Gasteiger partial charge in [-0.1, -0.05) is 61.3 Å². The van der Waals surface area contributed by atoms with Gasteiger partial charge in [-0.05, 0) is 19.8 Å². The summed E-state index contributed by atoms with van der Waals surface area (Å²) in [4.78, 5) is 0. The minimum absolute atomic E-state index is 0. The van der Waals surface area contributed by atoms with E-state index in [9.17, 15) is 0 Å². The molecular formula is C15H34Ar2N2. The molecule has 0 saturated heterocycles. The van der Waals surface area contributed by atoms with E-state index in [2.05, 4.69) is 44.8 Å². The molecule has 0 radical (unpaired) electrons. The van der Waals surface area contributed by atoms with Gasteiger partial charge in [0.05, 0.1) is 0 Å². The van der Waals surface area contributed by atoms with E-state index in [4.69, 9.17) is 0 Å². The fourth-order valence-electron chi connectivity index (χ4n) is 0.612. The standard InChI is InChI=1S/C5H8N2.C5H12.C3H8.C2H6.2Ar/c1-4-3-5(2)7-6-4;1-4-5(2)3;1-3-2;1-2;;/h3H2,1-2H3;5H,4H2,1-3H3;3H2,1-2H3;1-2H3;;. The van der Waals surface area contributed by atoms with Crippen molar-refractivity contribution in [3.05, 3.63) is 0 Å². The van der Waals surface area contributed by atoms with Gasteiger partial charge in [0, 0.05) is 93.3 Å². The van der Waals surface area contributed by atoms with Crippen LogP contribution in [-0.2, 0) is 0 Å². The van der Waals surface area contributed by atoms with Crippen LogP contribution in [0.25, 0.3) is 0 Å². The average molecular weight is 322 g/mol. The van der Waals surface area contributed by atoms with Gasteiger partial charge < -0.3 is 0 Å². The Balaban J connectivity index is -0.0000000491. The van der Waals surface area contributed by atoms with E-state index < -0.39 is 0 Å². The smallest absolute Gasteiger partial charge is 0.0431 e. The second-order valence-electron chi connectivity index (χ2n) is 4.36. The summed E-state index contributed by atoms with van der Waals surface area (Å²) in [6, 6.07) is 0. The van der Waals surface area contributed by atoms with Crippen molar-refractivity contribution in [1.82, 2.24) is 0 Å². The molecule has 0 saturated carbocycles. The van der Waals surface area contributed by atoms with Gasteiger partial charge in [-0.3, -0.25) is 0 Å². The van der Waals surface area contributed by atoms with Crippen LogP contribution >= 0.6 is 0 Å². The van der Waals surface area contributed by atoms with Crippen LogP contribution in [0.4, 0.5) is 0 Å². The number of rotatable bonds is 1. The first-order valence-electron chi connectivity index (χ1n) is 7.04. The third-order valence-corrected chi connectivity index (χ3v) is 1.72. The second-order valence-corrected chi connectivity index (χ2v) is 4.36. The molecule has 1 heterocycles. The topological polar surface area (TPSA) is 24.7 Å². The summed E-state index contributed by atoms with van der Waals surface area (Å²) < 4.78 is 0. The maximum atomic E-state index is 3.82. The summed E-state index contributed by atoms with van der Waals surface area (Å²) in [5.74, 6) is 0.884. The zero-order valence-corrected chi connectivity index (χ0v) is 15.7.